The summed E-state index contributed by atoms with van der Waals surface area (Å²) in [5.74, 6) is 0.676. The highest BCUT2D eigenvalue weighted by molar-refractivity contribution is 7.80. The van der Waals surface area contributed by atoms with Crippen LogP contribution in [0.4, 0.5) is 10.5 Å². The second-order valence-corrected chi connectivity index (χ2v) is 7.47. The van der Waals surface area contributed by atoms with E-state index in [9.17, 15) is 13.2 Å². The summed E-state index contributed by atoms with van der Waals surface area (Å²) in [6.45, 7) is 0.245. The normalized spacial score (nSPS) is 22.5. The fourth-order valence-corrected chi connectivity index (χ4v) is 3.76. The number of hydroxylamine groups is 2. The van der Waals surface area contributed by atoms with Crippen LogP contribution < -0.4 is 5.73 Å². The Balaban J connectivity index is 1.49. The smallest absolute Gasteiger partial charge is 0.418 e. The lowest BCUT2D eigenvalue weighted by Crippen LogP contribution is -2.35. The number of nitrogens with two attached hydrogens (primary N) is 1. The van der Waals surface area contributed by atoms with Crippen molar-refractivity contribution in [3.63, 3.8) is 0 Å². The van der Waals surface area contributed by atoms with Gasteiger partial charge in [0.05, 0.1) is 12.5 Å². The maximum Gasteiger partial charge on any atom is 0.418 e. The van der Waals surface area contributed by atoms with Gasteiger partial charge in [0.25, 0.3) is 0 Å². The Morgan fingerprint density at radius 3 is 2.70 bits per heavy atom. The van der Waals surface area contributed by atoms with E-state index in [-0.39, 0.29) is 12.4 Å². The molecule has 4 rings (SSSR count). The first-order valence-electron chi connectivity index (χ1n) is 8.24. The molecule has 11 nitrogen and oxygen atoms in total. The molecule has 0 radical (unpaired) electrons. The van der Waals surface area contributed by atoms with E-state index in [0.717, 1.165) is 5.56 Å². The molecular formula is C15H17N5O6S. The molecule has 2 aliphatic heterocycles. The first-order chi connectivity index (χ1) is 12.8. The number of rotatable bonds is 5. The third-order valence-corrected chi connectivity index (χ3v) is 4.95. The van der Waals surface area contributed by atoms with Gasteiger partial charge in [-0.1, -0.05) is 12.1 Å². The third kappa shape index (κ3) is 3.59. The number of amides is 2. The van der Waals surface area contributed by atoms with Crippen molar-refractivity contribution in [3.8, 4) is 0 Å². The quantitative estimate of drug-likeness (QED) is 0.556. The molecule has 12 heteroatoms. The molecule has 2 aliphatic rings. The summed E-state index contributed by atoms with van der Waals surface area (Å²) in [6, 6.07) is 5.67. The molecule has 2 bridgehead atoms. The molecule has 0 spiro atoms. The minimum Gasteiger partial charge on any atom is -0.423 e. The largest absolute Gasteiger partial charge is 0.423 e. The minimum atomic E-state index is -4.78. The topological polar surface area (TPSA) is 152 Å². The Kier molecular flexibility index (Phi) is 4.25. The van der Waals surface area contributed by atoms with Crippen molar-refractivity contribution in [3.05, 3.63) is 41.6 Å². The standard InChI is InChI=1S/C15H17N5O6S/c16-10-3-1-9(2-4-10)7-13-17-18-14(25-13)12-6-5-11-8-19(12)15(21)20(11)26-27(22,23)24/h1-4,11-12H,5-8,16H2,(H,22,23,24)/t11-,12+/m1/s1. The van der Waals surface area contributed by atoms with Gasteiger partial charge in [-0.25, -0.2) is 4.79 Å². The number of carbonyl (C=O) groups excluding carboxylic acids is 1. The van der Waals surface area contributed by atoms with E-state index in [1.54, 1.807) is 12.1 Å². The van der Waals surface area contributed by atoms with E-state index in [0.29, 0.717) is 35.9 Å². The van der Waals surface area contributed by atoms with Crippen LogP contribution in [0.2, 0.25) is 0 Å². The summed E-state index contributed by atoms with van der Waals surface area (Å²) in [5.41, 5.74) is 7.27. The summed E-state index contributed by atoms with van der Waals surface area (Å²) in [7, 11) is -4.78. The Morgan fingerprint density at radius 1 is 1.26 bits per heavy atom. The maximum atomic E-state index is 12.4. The molecule has 2 aromatic rings. The molecule has 2 saturated heterocycles. The number of fused-ring (bicyclic) bond motifs is 2. The van der Waals surface area contributed by atoms with Crippen LogP contribution in [0.5, 0.6) is 0 Å². The van der Waals surface area contributed by atoms with Gasteiger partial charge in [-0.15, -0.1) is 14.5 Å². The summed E-state index contributed by atoms with van der Waals surface area (Å²) in [4.78, 5) is 13.8. The molecule has 3 heterocycles. The Hall–Kier alpha value is -2.70. The number of anilines is 1. The fourth-order valence-electron chi connectivity index (χ4n) is 3.37. The molecule has 1 aromatic carbocycles. The molecule has 2 amide bonds. The molecular weight excluding hydrogens is 378 g/mol. The maximum absolute atomic E-state index is 12.4. The summed E-state index contributed by atoms with van der Waals surface area (Å²) in [5, 5.41) is 8.75. The lowest BCUT2D eigenvalue weighted by atomic mass is 10.0. The summed E-state index contributed by atoms with van der Waals surface area (Å²) < 4.78 is 40.8. The molecule has 27 heavy (non-hydrogen) atoms. The van der Waals surface area contributed by atoms with Crippen molar-refractivity contribution in [2.75, 3.05) is 12.3 Å². The van der Waals surface area contributed by atoms with Crippen LogP contribution >= 0.6 is 0 Å². The fraction of sp³-hybridized carbons (Fsp3) is 0.400. The number of urea groups is 1. The van der Waals surface area contributed by atoms with Crippen LogP contribution in [0.1, 0.15) is 36.2 Å². The van der Waals surface area contributed by atoms with Gasteiger partial charge < -0.3 is 15.1 Å². The third-order valence-electron chi connectivity index (χ3n) is 4.60. The van der Waals surface area contributed by atoms with Gasteiger partial charge in [0.15, 0.2) is 0 Å². The predicted octanol–water partition coefficient (Wildman–Crippen LogP) is 0.918. The predicted molar refractivity (Wildman–Crippen MR) is 90.3 cm³/mol. The zero-order valence-electron chi connectivity index (χ0n) is 14.1. The van der Waals surface area contributed by atoms with E-state index < -0.39 is 28.5 Å². The van der Waals surface area contributed by atoms with Gasteiger partial charge in [0.1, 0.15) is 6.04 Å². The second kappa shape index (κ2) is 6.48. The molecule has 2 fully saturated rings. The van der Waals surface area contributed by atoms with E-state index >= 15 is 0 Å². The summed E-state index contributed by atoms with van der Waals surface area (Å²) in [6.07, 6.45) is 1.40. The first-order valence-corrected chi connectivity index (χ1v) is 9.60. The highest BCUT2D eigenvalue weighted by atomic mass is 32.3. The molecule has 2 atom stereocenters. The highest BCUT2D eigenvalue weighted by Gasteiger charge is 2.49. The van der Waals surface area contributed by atoms with Crippen molar-refractivity contribution in [2.45, 2.75) is 31.3 Å². The van der Waals surface area contributed by atoms with E-state index in [1.807, 2.05) is 12.1 Å². The Morgan fingerprint density at radius 2 is 2.00 bits per heavy atom. The van der Waals surface area contributed by atoms with Gasteiger partial charge >= 0.3 is 16.4 Å². The molecule has 0 aliphatic carbocycles. The van der Waals surface area contributed by atoms with E-state index in [4.69, 9.17) is 14.7 Å². The lowest BCUT2D eigenvalue weighted by Gasteiger charge is -2.27. The van der Waals surface area contributed by atoms with Crippen molar-refractivity contribution in [2.24, 2.45) is 0 Å². The van der Waals surface area contributed by atoms with Crippen LogP contribution in [0.15, 0.2) is 28.7 Å². The minimum absolute atomic E-state index is 0.245. The molecule has 1 aromatic heterocycles. The van der Waals surface area contributed by atoms with Crippen LogP contribution in [0, 0.1) is 0 Å². The van der Waals surface area contributed by atoms with E-state index in [1.165, 1.54) is 4.90 Å². The lowest BCUT2D eigenvalue weighted by molar-refractivity contribution is -0.0317. The Labute approximate surface area is 154 Å². The van der Waals surface area contributed by atoms with Gasteiger partial charge in [-0.2, -0.15) is 13.5 Å². The molecule has 3 N–H and O–H groups in total. The van der Waals surface area contributed by atoms with Crippen molar-refractivity contribution in [1.29, 1.82) is 0 Å². The van der Waals surface area contributed by atoms with E-state index in [2.05, 4.69) is 14.5 Å². The first kappa shape index (κ1) is 17.7. The van der Waals surface area contributed by atoms with Crippen molar-refractivity contribution < 1.29 is 26.5 Å². The monoisotopic (exact) mass is 395 g/mol. The van der Waals surface area contributed by atoms with Crippen molar-refractivity contribution >= 4 is 22.1 Å². The van der Waals surface area contributed by atoms with Crippen LogP contribution in [-0.2, 0) is 21.1 Å². The average Bonchev–Trinajstić information content (AvgIpc) is 3.16. The van der Waals surface area contributed by atoms with Crippen LogP contribution in [-0.4, -0.2) is 51.7 Å². The number of carbonyl (C=O) groups is 1. The van der Waals surface area contributed by atoms with Gasteiger partial charge in [0, 0.05) is 12.2 Å². The molecule has 0 unspecified atom stereocenters. The number of benzene rings is 1. The SMILES string of the molecule is Nc1ccc(Cc2nnc([C@@H]3CC[C@@H]4CN3C(=O)N4OS(=O)(=O)O)o2)cc1. The number of hydrogen-bond donors (Lipinski definition) is 2. The zero-order valence-corrected chi connectivity index (χ0v) is 14.9. The summed E-state index contributed by atoms with van der Waals surface area (Å²) >= 11 is 0. The van der Waals surface area contributed by atoms with Crippen LogP contribution in [0.25, 0.3) is 0 Å². The Bertz CT molecular complexity index is 959. The van der Waals surface area contributed by atoms with Gasteiger partial charge in [0.2, 0.25) is 11.8 Å². The number of hydrogen-bond acceptors (Lipinski definition) is 8. The number of nitrogen functional groups attached to an aromatic ring is 1. The zero-order chi connectivity index (χ0) is 19.2. The van der Waals surface area contributed by atoms with Gasteiger partial charge in [-0.05, 0) is 30.5 Å². The number of nitrogens with zero attached hydrogens (tertiary/aromatic N) is 4. The molecule has 0 saturated carbocycles. The van der Waals surface area contributed by atoms with Gasteiger partial charge in [-0.3, -0.25) is 4.55 Å². The second-order valence-electron chi connectivity index (χ2n) is 6.46. The highest BCUT2D eigenvalue weighted by Crippen LogP contribution is 2.38. The molecule has 144 valence electrons. The average molecular weight is 395 g/mol. The number of piperidine rings is 1. The van der Waals surface area contributed by atoms with Crippen LogP contribution in [0.3, 0.4) is 0 Å². The number of aromatic nitrogens is 2. The van der Waals surface area contributed by atoms with Crippen molar-refractivity contribution in [1.82, 2.24) is 20.2 Å².